The van der Waals surface area contributed by atoms with Gasteiger partial charge in [0.1, 0.15) is 10.7 Å². The fourth-order valence-corrected chi connectivity index (χ4v) is 7.10. The third-order valence-corrected chi connectivity index (χ3v) is 9.51. The van der Waals surface area contributed by atoms with E-state index < -0.39 is 10.0 Å². The van der Waals surface area contributed by atoms with Crippen molar-refractivity contribution in [1.29, 1.82) is 0 Å². The lowest BCUT2D eigenvalue weighted by atomic mass is 9.94. The van der Waals surface area contributed by atoms with E-state index in [-0.39, 0.29) is 11.8 Å². The van der Waals surface area contributed by atoms with Gasteiger partial charge in [-0.05, 0) is 70.2 Å². The largest absolute Gasteiger partial charge is 0.356 e. The van der Waals surface area contributed by atoms with Crippen molar-refractivity contribution in [3.05, 3.63) is 40.5 Å². The van der Waals surface area contributed by atoms with Crippen LogP contribution in [0, 0.1) is 19.8 Å². The first-order valence-corrected chi connectivity index (χ1v) is 14.5. The van der Waals surface area contributed by atoms with Crippen molar-refractivity contribution in [3.63, 3.8) is 0 Å². The summed E-state index contributed by atoms with van der Waals surface area (Å²) in [5.41, 5.74) is 3.58. The highest BCUT2D eigenvalue weighted by Gasteiger charge is 2.35. The minimum atomic E-state index is -3.73. The summed E-state index contributed by atoms with van der Waals surface area (Å²) >= 11 is 0. The van der Waals surface area contributed by atoms with Gasteiger partial charge < -0.3 is 15.1 Å². The second-order valence-electron chi connectivity index (χ2n) is 10.5. The van der Waals surface area contributed by atoms with Crippen LogP contribution in [0.25, 0.3) is 4.91 Å². The number of nitrogens with one attached hydrogen (secondary N) is 1. The summed E-state index contributed by atoms with van der Waals surface area (Å²) in [5.74, 6) is 0.616. The Morgan fingerprint density at radius 2 is 1.74 bits per heavy atom. The molecule has 1 N–H and O–H groups in total. The first-order valence-electron chi connectivity index (χ1n) is 13.0. The third-order valence-electron chi connectivity index (χ3n) is 8.04. The molecule has 1 saturated heterocycles. The highest BCUT2D eigenvalue weighted by molar-refractivity contribution is 8.00. The van der Waals surface area contributed by atoms with Gasteiger partial charge in [0.25, 0.3) is 10.0 Å². The molecule has 7 nitrogen and oxygen atoms in total. The monoisotopic (exact) mass is 500 g/mol. The maximum Gasteiger partial charge on any atom is 0.285 e. The lowest BCUT2D eigenvalue weighted by molar-refractivity contribution is -0.126. The van der Waals surface area contributed by atoms with E-state index in [1.165, 1.54) is 32.1 Å². The molecule has 0 spiro atoms. The molecule has 2 heterocycles. The van der Waals surface area contributed by atoms with E-state index in [4.69, 9.17) is 0 Å². The normalized spacial score (nSPS) is 21.5. The summed E-state index contributed by atoms with van der Waals surface area (Å²) in [4.78, 5) is 17.5. The van der Waals surface area contributed by atoms with Gasteiger partial charge in [0, 0.05) is 43.7 Å². The standard InChI is InChI=1S/C27H40N4O3S/c1-19-10-11-23(18-20(19)2)25-21(3)26(29-35(25,33)34)31-15-12-22(13-16-31)27(32)28-14-17-30(4)24-8-6-5-7-9-24/h10-11,18,22,24H,5-9,12-17H2,1-4H3,(H,28,32). The predicted octanol–water partition coefficient (Wildman–Crippen LogP) is 3.87. The van der Waals surface area contributed by atoms with Crippen LogP contribution in [0.2, 0.25) is 0 Å². The molecule has 3 aliphatic rings. The Kier molecular flexibility index (Phi) is 8.01. The molecule has 1 saturated carbocycles. The zero-order chi connectivity index (χ0) is 25.2. The molecule has 2 fully saturated rings. The van der Waals surface area contributed by atoms with Crippen LogP contribution in [0.3, 0.4) is 0 Å². The van der Waals surface area contributed by atoms with Crippen molar-refractivity contribution in [2.24, 2.45) is 10.3 Å². The van der Waals surface area contributed by atoms with Gasteiger partial charge in [-0.2, -0.15) is 8.42 Å². The molecule has 1 amide bonds. The van der Waals surface area contributed by atoms with Crippen molar-refractivity contribution >= 4 is 26.7 Å². The maximum absolute atomic E-state index is 12.9. The molecule has 0 unspecified atom stereocenters. The summed E-state index contributed by atoms with van der Waals surface area (Å²) in [5, 5.41) is 3.13. The Morgan fingerprint density at radius 1 is 1.06 bits per heavy atom. The molecule has 0 aromatic heterocycles. The van der Waals surface area contributed by atoms with Crippen LogP contribution in [0.1, 0.15) is 68.6 Å². The molecular weight excluding hydrogens is 460 g/mol. The number of benzene rings is 1. The zero-order valence-corrected chi connectivity index (χ0v) is 22.5. The summed E-state index contributed by atoms with van der Waals surface area (Å²) in [7, 11) is -1.57. The molecule has 2 aliphatic heterocycles. The summed E-state index contributed by atoms with van der Waals surface area (Å²) in [6, 6.07) is 6.39. The van der Waals surface area contributed by atoms with E-state index in [0.717, 1.165) is 17.7 Å². The molecule has 4 rings (SSSR count). The van der Waals surface area contributed by atoms with Crippen LogP contribution in [-0.2, 0) is 14.8 Å². The Balaban J connectivity index is 1.32. The number of hydrogen-bond donors (Lipinski definition) is 1. The van der Waals surface area contributed by atoms with Crippen LogP contribution < -0.4 is 5.32 Å². The van der Waals surface area contributed by atoms with Crippen LogP contribution in [-0.4, -0.2) is 69.2 Å². The molecule has 8 heteroatoms. The van der Waals surface area contributed by atoms with Crippen molar-refractivity contribution in [2.45, 2.75) is 71.8 Å². The van der Waals surface area contributed by atoms with Gasteiger partial charge in [-0.1, -0.05) is 37.5 Å². The van der Waals surface area contributed by atoms with E-state index in [1.807, 2.05) is 43.9 Å². The topological polar surface area (TPSA) is 82.1 Å². The molecular formula is C27H40N4O3S. The van der Waals surface area contributed by atoms with Gasteiger partial charge in [-0.25, -0.2) is 0 Å². The first kappa shape index (κ1) is 25.9. The number of amides is 1. The summed E-state index contributed by atoms with van der Waals surface area (Å²) in [6.07, 6.45) is 7.91. The maximum atomic E-state index is 12.9. The van der Waals surface area contributed by atoms with Crippen molar-refractivity contribution in [3.8, 4) is 0 Å². The quantitative estimate of drug-likeness (QED) is 0.641. The van der Waals surface area contributed by atoms with E-state index in [1.54, 1.807) is 0 Å². The Hall–Kier alpha value is -2.19. The highest BCUT2D eigenvalue weighted by Crippen LogP contribution is 2.35. The number of sulfonamides is 1. The SMILES string of the molecule is CC1=C(c2ccc(C)c(C)c2)S(=O)(=O)N=C1N1CCC(C(=O)NCCN(C)C2CCCCC2)CC1. The Bertz CT molecular complexity index is 1110. The van der Waals surface area contributed by atoms with Crippen molar-refractivity contribution in [2.75, 3.05) is 33.2 Å². The molecule has 1 aliphatic carbocycles. The van der Waals surface area contributed by atoms with Crippen molar-refractivity contribution in [1.82, 2.24) is 15.1 Å². The molecule has 0 radical (unpaired) electrons. The highest BCUT2D eigenvalue weighted by atomic mass is 32.2. The number of nitrogens with zero attached hydrogens (tertiary/aromatic N) is 3. The average Bonchev–Trinajstić information content (AvgIpc) is 3.09. The van der Waals surface area contributed by atoms with E-state index in [0.29, 0.717) is 60.4 Å². The number of hydrogen-bond acceptors (Lipinski definition) is 5. The molecule has 35 heavy (non-hydrogen) atoms. The van der Waals surface area contributed by atoms with Crippen LogP contribution in [0.5, 0.6) is 0 Å². The average molecular weight is 501 g/mol. The summed E-state index contributed by atoms with van der Waals surface area (Å²) < 4.78 is 30.0. The fraction of sp³-hybridized carbons (Fsp3) is 0.630. The van der Waals surface area contributed by atoms with E-state index in [9.17, 15) is 13.2 Å². The third kappa shape index (κ3) is 5.80. The Morgan fingerprint density at radius 3 is 2.40 bits per heavy atom. The minimum Gasteiger partial charge on any atom is -0.356 e. The molecule has 0 atom stereocenters. The molecule has 192 valence electrons. The second kappa shape index (κ2) is 10.8. The first-order chi connectivity index (χ1) is 16.7. The minimum absolute atomic E-state index is 0.0339. The predicted molar refractivity (Wildman–Crippen MR) is 142 cm³/mol. The van der Waals surface area contributed by atoms with Gasteiger partial charge in [0.15, 0.2) is 0 Å². The molecule has 1 aromatic rings. The Labute approximate surface area is 210 Å². The number of amidine groups is 1. The van der Waals surface area contributed by atoms with E-state index in [2.05, 4.69) is 21.7 Å². The van der Waals surface area contributed by atoms with Crippen LogP contribution in [0.4, 0.5) is 0 Å². The number of piperidine rings is 1. The van der Waals surface area contributed by atoms with Crippen LogP contribution >= 0.6 is 0 Å². The van der Waals surface area contributed by atoms with Gasteiger partial charge in [0.2, 0.25) is 5.91 Å². The number of rotatable bonds is 6. The molecule has 0 bridgehead atoms. The van der Waals surface area contributed by atoms with Gasteiger partial charge in [0.05, 0.1) is 0 Å². The number of carbonyl (C=O) groups excluding carboxylic acids is 1. The van der Waals surface area contributed by atoms with Gasteiger partial charge >= 0.3 is 0 Å². The van der Waals surface area contributed by atoms with Gasteiger partial charge in [-0.3, -0.25) is 4.79 Å². The number of carbonyl (C=O) groups is 1. The second-order valence-corrected chi connectivity index (χ2v) is 12.0. The van der Waals surface area contributed by atoms with Crippen LogP contribution in [0.15, 0.2) is 28.2 Å². The fourth-order valence-electron chi connectivity index (χ4n) is 5.62. The zero-order valence-electron chi connectivity index (χ0n) is 21.6. The van der Waals surface area contributed by atoms with Crippen molar-refractivity contribution < 1.29 is 13.2 Å². The number of aryl methyl sites for hydroxylation is 2. The smallest absolute Gasteiger partial charge is 0.285 e. The number of likely N-dealkylation sites (tertiary alicyclic amines) is 1. The number of likely N-dealkylation sites (N-methyl/N-ethyl adjacent to an activating group) is 1. The van der Waals surface area contributed by atoms with E-state index >= 15 is 0 Å². The molecule has 1 aromatic carbocycles. The summed E-state index contributed by atoms with van der Waals surface area (Å²) in [6.45, 7) is 8.67. The lowest BCUT2D eigenvalue weighted by Crippen LogP contribution is -2.45. The lowest BCUT2D eigenvalue weighted by Gasteiger charge is -2.33. The van der Waals surface area contributed by atoms with Gasteiger partial charge in [-0.15, -0.1) is 4.40 Å².